The molecule has 1 aliphatic carbocycles. The molecular formula is C12H14Cl2FN. The second kappa shape index (κ2) is 5.35. The minimum Gasteiger partial charge on any atom is -0.311 e. The minimum atomic E-state index is -0.370. The van der Waals surface area contributed by atoms with E-state index in [-0.39, 0.29) is 16.2 Å². The molecule has 0 spiro atoms. The van der Waals surface area contributed by atoms with Crippen LogP contribution in [-0.2, 0) is 6.54 Å². The summed E-state index contributed by atoms with van der Waals surface area (Å²) in [6.45, 7) is 1.40. The smallest absolute Gasteiger partial charge is 0.142 e. The van der Waals surface area contributed by atoms with Crippen LogP contribution in [0, 0.1) is 11.7 Å². The van der Waals surface area contributed by atoms with Gasteiger partial charge in [0.25, 0.3) is 0 Å². The third-order valence-corrected chi connectivity index (χ3v) is 3.60. The number of hydrogen-bond donors (Lipinski definition) is 1. The molecule has 88 valence electrons. The molecule has 1 aromatic carbocycles. The zero-order chi connectivity index (χ0) is 11.5. The number of rotatable bonds is 5. The van der Waals surface area contributed by atoms with Gasteiger partial charge in [0.05, 0.1) is 5.02 Å². The first kappa shape index (κ1) is 12.2. The van der Waals surface area contributed by atoms with Gasteiger partial charge in [-0.1, -0.05) is 17.7 Å². The first-order valence-electron chi connectivity index (χ1n) is 5.45. The van der Waals surface area contributed by atoms with Gasteiger partial charge >= 0.3 is 0 Å². The van der Waals surface area contributed by atoms with Crippen molar-refractivity contribution in [2.45, 2.75) is 24.8 Å². The van der Waals surface area contributed by atoms with E-state index in [1.54, 1.807) is 6.07 Å². The molecule has 1 aliphatic rings. The molecule has 1 aromatic rings. The maximum absolute atomic E-state index is 13.1. The summed E-state index contributed by atoms with van der Waals surface area (Å²) in [6.07, 6.45) is 2.48. The van der Waals surface area contributed by atoms with Crippen molar-refractivity contribution < 1.29 is 4.39 Å². The molecule has 0 saturated heterocycles. The van der Waals surface area contributed by atoms with E-state index in [2.05, 4.69) is 5.32 Å². The molecule has 16 heavy (non-hydrogen) atoms. The number of benzene rings is 1. The maximum atomic E-state index is 13.1. The molecule has 0 bridgehead atoms. The van der Waals surface area contributed by atoms with Crippen molar-refractivity contribution in [3.8, 4) is 0 Å². The molecule has 4 heteroatoms. The van der Waals surface area contributed by atoms with Gasteiger partial charge in [-0.15, -0.1) is 11.6 Å². The van der Waals surface area contributed by atoms with Crippen LogP contribution in [0.2, 0.25) is 5.02 Å². The Morgan fingerprint density at radius 3 is 2.81 bits per heavy atom. The summed E-state index contributed by atoms with van der Waals surface area (Å²) in [4.78, 5) is 0. The van der Waals surface area contributed by atoms with Gasteiger partial charge in [0.1, 0.15) is 5.82 Å². The van der Waals surface area contributed by atoms with Crippen LogP contribution in [-0.4, -0.2) is 11.9 Å². The number of hydrogen-bond acceptors (Lipinski definition) is 1. The highest BCUT2D eigenvalue weighted by Crippen LogP contribution is 2.35. The lowest BCUT2D eigenvalue weighted by Gasteiger charge is -2.09. The van der Waals surface area contributed by atoms with E-state index in [1.807, 2.05) is 6.07 Å². The third-order valence-electron chi connectivity index (χ3n) is 2.79. The van der Waals surface area contributed by atoms with Crippen LogP contribution in [0.4, 0.5) is 4.39 Å². The number of alkyl halides is 1. The summed E-state index contributed by atoms with van der Waals surface area (Å²) in [5, 5.41) is 3.60. The highest BCUT2D eigenvalue weighted by molar-refractivity contribution is 6.30. The second-order valence-electron chi connectivity index (χ2n) is 4.23. The van der Waals surface area contributed by atoms with Gasteiger partial charge < -0.3 is 5.32 Å². The first-order chi connectivity index (χ1) is 7.66. The van der Waals surface area contributed by atoms with Gasteiger partial charge in [-0.3, -0.25) is 0 Å². The van der Waals surface area contributed by atoms with Crippen LogP contribution >= 0.6 is 23.2 Å². The Kier molecular flexibility index (Phi) is 4.06. The summed E-state index contributed by atoms with van der Waals surface area (Å²) in [6, 6.07) is 4.85. The van der Waals surface area contributed by atoms with E-state index in [1.165, 1.54) is 18.9 Å². The van der Waals surface area contributed by atoms with Crippen LogP contribution in [0.25, 0.3) is 0 Å². The van der Waals surface area contributed by atoms with Crippen molar-refractivity contribution >= 4 is 23.2 Å². The topological polar surface area (TPSA) is 12.0 Å². The lowest BCUT2D eigenvalue weighted by molar-refractivity contribution is 0.606. The molecule has 1 fully saturated rings. The van der Waals surface area contributed by atoms with Crippen LogP contribution in [0.1, 0.15) is 18.4 Å². The maximum Gasteiger partial charge on any atom is 0.142 e. The Hall–Kier alpha value is -0.310. The minimum absolute atomic E-state index is 0.164. The summed E-state index contributed by atoms with van der Waals surface area (Å²) < 4.78 is 13.1. The molecule has 1 nitrogen and oxygen atoms in total. The van der Waals surface area contributed by atoms with Crippen LogP contribution in [0.5, 0.6) is 0 Å². The molecule has 0 aliphatic heterocycles. The Morgan fingerprint density at radius 1 is 1.44 bits per heavy atom. The van der Waals surface area contributed by atoms with Crippen LogP contribution in [0.3, 0.4) is 0 Å². The standard InChI is InChI=1S/C12H14Cl2FN/c13-10-4-1-8(5-12(10)15)6-16-7-11(14)9-2-3-9/h1,4-5,9,11,16H,2-3,6-7H2. The summed E-state index contributed by atoms with van der Waals surface area (Å²) in [5.41, 5.74) is 0.890. The number of nitrogens with one attached hydrogen (secondary N) is 1. The molecule has 1 atom stereocenters. The third kappa shape index (κ3) is 3.34. The Morgan fingerprint density at radius 2 is 2.19 bits per heavy atom. The lowest BCUT2D eigenvalue weighted by Crippen LogP contribution is -2.24. The van der Waals surface area contributed by atoms with E-state index in [0.29, 0.717) is 12.5 Å². The zero-order valence-electron chi connectivity index (χ0n) is 8.85. The van der Waals surface area contributed by atoms with E-state index in [9.17, 15) is 4.39 Å². The molecular weight excluding hydrogens is 248 g/mol. The fraction of sp³-hybridized carbons (Fsp3) is 0.500. The molecule has 0 heterocycles. The molecule has 1 N–H and O–H groups in total. The number of halogens is 3. The average Bonchev–Trinajstić information content (AvgIpc) is 3.07. The fourth-order valence-corrected chi connectivity index (χ4v) is 2.11. The Balaban J connectivity index is 1.78. The highest BCUT2D eigenvalue weighted by atomic mass is 35.5. The lowest BCUT2D eigenvalue weighted by atomic mass is 10.2. The van der Waals surface area contributed by atoms with E-state index < -0.39 is 0 Å². The zero-order valence-corrected chi connectivity index (χ0v) is 10.4. The summed E-state index contributed by atoms with van der Waals surface area (Å²) in [5.74, 6) is 0.307. The second-order valence-corrected chi connectivity index (χ2v) is 5.20. The molecule has 0 radical (unpaired) electrons. The molecule has 0 amide bonds. The van der Waals surface area contributed by atoms with E-state index >= 15 is 0 Å². The largest absolute Gasteiger partial charge is 0.311 e. The molecule has 1 saturated carbocycles. The monoisotopic (exact) mass is 261 g/mol. The summed E-state index contributed by atoms with van der Waals surface area (Å²) in [7, 11) is 0. The van der Waals surface area contributed by atoms with E-state index in [4.69, 9.17) is 23.2 Å². The van der Waals surface area contributed by atoms with Gasteiger partial charge in [0, 0.05) is 18.5 Å². The Bertz CT molecular complexity index is 366. The average molecular weight is 262 g/mol. The van der Waals surface area contributed by atoms with Gasteiger partial charge in [0.15, 0.2) is 0 Å². The summed E-state index contributed by atoms with van der Waals surface area (Å²) >= 11 is 11.7. The van der Waals surface area contributed by atoms with Crippen molar-refractivity contribution in [1.29, 1.82) is 0 Å². The van der Waals surface area contributed by atoms with Gasteiger partial charge in [-0.25, -0.2) is 4.39 Å². The SMILES string of the molecule is Fc1cc(CNCC(Cl)C2CC2)ccc1Cl. The Labute approximate surface area is 105 Å². The van der Waals surface area contributed by atoms with Crippen LogP contribution in [0.15, 0.2) is 18.2 Å². The highest BCUT2D eigenvalue weighted by Gasteiger charge is 2.29. The van der Waals surface area contributed by atoms with Gasteiger partial charge in [-0.2, -0.15) is 0 Å². The van der Waals surface area contributed by atoms with Gasteiger partial charge in [0.2, 0.25) is 0 Å². The fourth-order valence-electron chi connectivity index (χ4n) is 1.63. The van der Waals surface area contributed by atoms with Crippen molar-refractivity contribution in [2.24, 2.45) is 5.92 Å². The van der Waals surface area contributed by atoms with Crippen molar-refractivity contribution in [3.63, 3.8) is 0 Å². The van der Waals surface area contributed by atoms with Crippen molar-refractivity contribution in [2.75, 3.05) is 6.54 Å². The predicted molar refractivity (Wildman–Crippen MR) is 65.5 cm³/mol. The molecule has 1 unspecified atom stereocenters. The first-order valence-corrected chi connectivity index (χ1v) is 6.27. The van der Waals surface area contributed by atoms with Gasteiger partial charge in [-0.05, 0) is 36.5 Å². The molecule has 2 rings (SSSR count). The normalized spacial score (nSPS) is 17.4. The molecule has 0 aromatic heterocycles. The predicted octanol–water partition coefficient (Wildman–Crippen LogP) is 3.59. The van der Waals surface area contributed by atoms with Crippen molar-refractivity contribution in [1.82, 2.24) is 5.32 Å². The van der Waals surface area contributed by atoms with E-state index in [0.717, 1.165) is 12.1 Å². The quantitative estimate of drug-likeness (QED) is 0.799. The van der Waals surface area contributed by atoms with Crippen LogP contribution < -0.4 is 5.32 Å². The van der Waals surface area contributed by atoms with Crippen molar-refractivity contribution in [3.05, 3.63) is 34.6 Å².